The Kier molecular flexibility index (Phi) is 8.43. The molecule has 2 aromatic rings. The van der Waals surface area contributed by atoms with E-state index in [4.69, 9.17) is 37.4 Å². The predicted molar refractivity (Wildman–Crippen MR) is 103 cm³/mol. The molecule has 0 spiro atoms. The van der Waals surface area contributed by atoms with Crippen LogP contribution in [0.3, 0.4) is 0 Å². The number of carbonyl (C=O) groups is 1. The summed E-state index contributed by atoms with van der Waals surface area (Å²) in [5, 5.41) is 2.66. The summed E-state index contributed by atoms with van der Waals surface area (Å²) in [5.74, 6) is -0.273. The summed E-state index contributed by atoms with van der Waals surface area (Å²) in [6.45, 7) is 0.212. The van der Waals surface area contributed by atoms with E-state index < -0.39 is 23.8 Å². The highest BCUT2D eigenvalue weighted by molar-refractivity contribution is 6.32. The SMILES string of the molecule is COCCNC(=O)C(COc1ccc(C(F)(F)F)cc1Cl)Oc1ccccc1Cl. The average Bonchev–Trinajstić information content (AvgIpc) is 2.66. The van der Waals surface area contributed by atoms with Crippen molar-refractivity contribution in [2.75, 3.05) is 26.9 Å². The molecule has 0 bridgehead atoms. The van der Waals surface area contributed by atoms with Crippen molar-refractivity contribution in [2.24, 2.45) is 0 Å². The van der Waals surface area contributed by atoms with E-state index in [9.17, 15) is 18.0 Å². The summed E-state index contributed by atoms with van der Waals surface area (Å²) in [6, 6.07) is 9.20. The van der Waals surface area contributed by atoms with Crippen molar-refractivity contribution in [1.29, 1.82) is 0 Å². The van der Waals surface area contributed by atoms with Gasteiger partial charge in [-0.2, -0.15) is 13.2 Å². The van der Waals surface area contributed by atoms with Crippen molar-refractivity contribution in [3.05, 3.63) is 58.1 Å². The number of methoxy groups -OCH3 is 1. The zero-order valence-electron chi connectivity index (χ0n) is 15.3. The third kappa shape index (κ3) is 6.99. The molecule has 0 saturated carbocycles. The molecule has 0 aliphatic carbocycles. The van der Waals surface area contributed by atoms with Crippen molar-refractivity contribution in [2.45, 2.75) is 12.3 Å². The Bertz CT molecular complexity index is 833. The number of hydrogen-bond donors (Lipinski definition) is 1. The summed E-state index contributed by atoms with van der Waals surface area (Å²) in [6.07, 6.45) is -5.66. The maximum atomic E-state index is 12.8. The Balaban J connectivity index is 2.12. The lowest BCUT2D eigenvalue weighted by molar-refractivity contribution is -0.137. The largest absolute Gasteiger partial charge is 0.488 e. The van der Waals surface area contributed by atoms with Crippen LogP contribution in [0.15, 0.2) is 42.5 Å². The molecule has 5 nitrogen and oxygen atoms in total. The van der Waals surface area contributed by atoms with Crippen LogP contribution in [0.5, 0.6) is 11.5 Å². The molecule has 0 aromatic heterocycles. The number of para-hydroxylation sites is 1. The van der Waals surface area contributed by atoms with Gasteiger partial charge in [0.15, 0.2) is 0 Å². The Hall–Kier alpha value is -2.16. The minimum absolute atomic E-state index is 0.0166. The lowest BCUT2D eigenvalue weighted by Crippen LogP contribution is -2.43. The predicted octanol–water partition coefficient (Wildman–Crippen LogP) is 4.60. The molecule has 10 heteroatoms. The number of rotatable bonds is 9. The molecule has 2 aromatic carbocycles. The first-order valence-electron chi connectivity index (χ1n) is 8.39. The topological polar surface area (TPSA) is 56.8 Å². The second-order valence-corrected chi connectivity index (χ2v) is 6.59. The molecular formula is C19H18Cl2F3NO4. The van der Waals surface area contributed by atoms with E-state index in [0.29, 0.717) is 0 Å². The third-order valence-electron chi connectivity index (χ3n) is 3.65. The normalized spacial score (nSPS) is 12.3. The molecule has 2 rings (SSSR count). The van der Waals surface area contributed by atoms with E-state index in [0.717, 1.165) is 18.2 Å². The van der Waals surface area contributed by atoms with Gasteiger partial charge in [0.1, 0.15) is 18.1 Å². The first kappa shape index (κ1) is 23.1. The smallest absolute Gasteiger partial charge is 0.416 e. The lowest BCUT2D eigenvalue weighted by Gasteiger charge is -2.20. The van der Waals surface area contributed by atoms with Crippen molar-refractivity contribution in [3.8, 4) is 11.5 Å². The molecule has 1 amide bonds. The highest BCUT2D eigenvalue weighted by atomic mass is 35.5. The third-order valence-corrected chi connectivity index (χ3v) is 4.26. The lowest BCUT2D eigenvalue weighted by atomic mass is 10.2. The number of ether oxygens (including phenoxy) is 3. The number of halogens is 5. The summed E-state index contributed by atoms with van der Waals surface area (Å²) >= 11 is 11.9. The van der Waals surface area contributed by atoms with Crippen LogP contribution in [0.1, 0.15) is 5.56 Å². The minimum atomic E-state index is -4.53. The molecule has 0 radical (unpaired) electrons. The quantitative estimate of drug-likeness (QED) is 0.566. The molecule has 1 atom stereocenters. The van der Waals surface area contributed by atoms with Gasteiger partial charge < -0.3 is 19.5 Å². The average molecular weight is 452 g/mol. The van der Waals surface area contributed by atoms with Gasteiger partial charge in [-0.05, 0) is 30.3 Å². The van der Waals surface area contributed by atoms with Crippen molar-refractivity contribution in [3.63, 3.8) is 0 Å². The molecule has 0 fully saturated rings. The van der Waals surface area contributed by atoms with Crippen molar-refractivity contribution in [1.82, 2.24) is 5.32 Å². The molecule has 158 valence electrons. The van der Waals surface area contributed by atoms with Gasteiger partial charge >= 0.3 is 6.18 Å². The molecular weight excluding hydrogens is 434 g/mol. The molecule has 0 saturated heterocycles. The van der Waals surface area contributed by atoms with Gasteiger partial charge in [0.25, 0.3) is 5.91 Å². The fourth-order valence-corrected chi connectivity index (χ4v) is 2.62. The van der Waals surface area contributed by atoms with E-state index in [-0.39, 0.29) is 41.3 Å². The Morgan fingerprint density at radius 2 is 1.83 bits per heavy atom. The van der Waals surface area contributed by atoms with Crippen LogP contribution in [0.25, 0.3) is 0 Å². The Morgan fingerprint density at radius 3 is 2.45 bits per heavy atom. The highest BCUT2D eigenvalue weighted by Crippen LogP contribution is 2.34. The summed E-state index contributed by atoms with van der Waals surface area (Å²) < 4.78 is 54.2. The van der Waals surface area contributed by atoms with Crippen LogP contribution in [0.4, 0.5) is 13.2 Å². The van der Waals surface area contributed by atoms with Crippen molar-refractivity contribution >= 4 is 29.1 Å². The van der Waals surface area contributed by atoms with Gasteiger partial charge in [-0.1, -0.05) is 35.3 Å². The maximum Gasteiger partial charge on any atom is 0.416 e. The van der Waals surface area contributed by atoms with Crippen LogP contribution < -0.4 is 14.8 Å². The number of alkyl halides is 3. The first-order valence-corrected chi connectivity index (χ1v) is 9.15. The van der Waals surface area contributed by atoms with Crippen LogP contribution in [0, 0.1) is 0 Å². The first-order chi connectivity index (χ1) is 13.7. The van der Waals surface area contributed by atoms with E-state index in [1.165, 1.54) is 7.11 Å². The summed E-state index contributed by atoms with van der Waals surface area (Å²) in [4.78, 5) is 12.4. The number of amides is 1. The molecule has 1 unspecified atom stereocenters. The van der Waals surface area contributed by atoms with Crippen LogP contribution in [-0.4, -0.2) is 38.9 Å². The van der Waals surface area contributed by atoms with E-state index in [2.05, 4.69) is 5.32 Å². The summed E-state index contributed by atoms with van der Waals surface area (Å²) in [7, 11) is 1.49. The van der Waals surface area contributed by atoms with Crippen LogP contribution >= 0.6 is 23.2 Å². The van der Waals surface area contributed by atoms with Gasteiger partial charge in [-0.25, -0.2) is 0 Å². The van der Waals surface area contributed by atoms with Gasteiger partial charge in [0.2, 0.25) is 6.10 Å². The number of carbonyl (C=O) groups excluding carboxylic acids is 1. The fraction of sp³-hybridized carbons (Fsp3) is 0.316. The van der Waals surface area contributed by atoms with E-state index in [1.807, 2.05) is 0 Å². The fourth-order valence-electron chi connectivity index (χ4n) is 2.21. The van der Waals surface area contributed by atoms with Gasteiger partial charge in [-0.3, -0.25) is 4.79 Å². The van der Waals surface area contributed by atoms with Gasteiger partial charge in [-0.15, -0.1) is 0 Å². The number of hydrogen-bond acceptors (Lipinski definition) is 4. The standard InChI is InChI=1S/C19H18Cl2F3NO4/c1-27-9-8-25-18(26)17(29-16-5-3-2-4-13(16)20)11-28-15-7-6-12(10-14(15)21)19(22,23)24/h2-7,10,17H,8-9,11H2,1H3,(H,25,26). The summed E-state index contributed by atoms with van der Waals surface area (Å²) in [5.41, 5.74) is -0.906. The maximum absolute atomic E-state index is 12.8. The minimum Gasteiger partial charge on any atom is -0.488 e. The molecule has 1 N–H and O–H groups in total. The van der Waals surface area contributed by atoms with Gasteiger partial charge in [0, 0.05) is 13.7 Å². The van der Waals surface area contributed by atoms with Gasteiger partial charge in [0.05, 0.1) is 22.2 Å². The monoisotopic (exact) mass is 451 g/mol. The van der Waals surface area contributed by atoms with E-state index in [1.54, 1.807) is 24.3 Å². The highest BCUT2D eigenvalue weighted by Gasteiger charge is 2.31. The van der Waals surface area contributed by atoms with E-state index >= 15 is 0 Å². The molecule has 29 heavy (non-hydrogen) atoms. The van der Waals surface area contributed by atoms with Crippen LogP contribution in [0.2, 0.25) is 10.0 Å². The van der Waals surface area contributed by atoms with Crippen LogP contribution in [-0.2, 0) is 15.7 Å². The van der Waals surface area contributed by atoms with Crippen molar-refractivity contribution < 1.29 is 32.2 Å². The Morgan fingerprint density at radius 1 is 1.10 bits per heavy atom. The number of benzene rings is 2. The second-order valence-electron chi connectivity index (χ2n) is 5.77. The zero-order chi connectivity index (χ0) is 21.4. The number of nitrogens with one attached hydrogen (secondary N) is 1. The Labute approximate surface area is 175 Å². The molecule has 0 heterocycles. The zero-order valence-corrected chi connectivity index (χ0v) is 16.8. The molecule has 0 aliphatic heterocycles. The molecule has 0 aliphatic rings. The second kappa shape index (κ2) is 10.6.